The molecule has 0 nitrogen and oxygen atoms in total. The average Bonchev–Trinajstić information content (AvgIpc) is 2.60. The molecule has 0 N–H and O–H groups in total. The Hall–Kier alpha value is 0.423. The fourth-order valence-electron chi connectivity index (χ4n) is 2.09. The summed E-state index contributed by atoms with van der Waals surface area (Å²) in [7, 11) is 0. The summed E-state index contributed by atoms with van der Waals surface area (Å²) in [4.78, 5) is 0. The summed E-state index contributed by atoms with van der Waals surface area (Å²) in [5, 5.41) is 0. The van der Waals surface area contributed by atoms with Crippen molar-refractivity contribution in [2.75, 3.05) is 0 Å². The standard InChI is InChI=1S/C12H13.2ClH.Zr/c1-9-7-8-10(2)12(9)11-5-3-4-6-11;;;/h3-5,7-8H,6H2,1-2H3;2*1H;/q;;;+2/p-2. The molecule has 0 radical (unpaired) electrons. The Morgan fingerprint density at radius 2 is 2.00 bits per heavy atom. The van der Waals surface area contributed by atoms with E-state index in [1.165, 1.54) is 11.1 Å². The SMILES string of the molecule is CC1=C(C2=CC=CC2)[C](C)([Zr+2])C=C1.[Cl-].[Cl-]. The molecule has 79 valence electrons. The van der Waals surface area contributed by atoms with Gasteiger partial charge in [0.05, 0.1) is 0 Å². The summed E-state index contributed by atoms with van der Waals surface area (Å²) < 4.78 is 0.328. The second kappa shape index (κ2) is 5.66. The van der Waals surface area contributed by atoms with Gasteiger partial charge in [-0.25, -0.2) is 0 Å². The van der Waals surface area contributed by atoms with Gasteiger partial charge in [-0.05, 0) is 0 Å². The van der Waals surface area contributed by atoms with Gasteiger partial charge in [0.15, 0.2) is 0 Å². The third-order valence-corrected chi connectivity index (χ3v) is 3.70. The van der Waals surface area contributed by atoms with E-state index < -0.39 is 0 Å². The second-order valence-corrected chi connectivity index (χ2v) is 6.47. The van der Waals surface area contributed by atoms with Crippen molar-refractivity contribution in [1.82, 2.24) is 0 Å². The zero-order chi connectivity index (χ0) is 9.47. The summed E-state index contributed by atoms with van der Waals surface area (Å²) in [5.74, 6) is 0. The molecule has 2 rings (SSSR count). The maximum absolute atomic E-state index is 2.34. The van der Waals surface area contributed by atoms with Crippen LogP contribution in [0.5, 0.6) is 0 Å². The van der Waals surface area contributed by atoms with Crippen LogP contribution in [0, 0.1) is 0 Å². The van der Waals surface area contributed by atoms with Crippen LogP contribution in [0.15, 0.2) is 47.1 Å². The molecule has 15 heavy (non-hydrogen) atoms. The van der Waals surface area contributed by atoms with Crippen LogP contribution in [-0.2, 0) is 24.7 Å². The van der Waals surface area contributed by atoms with Crippen molar-refractivity contribution in [2.45, 2.75) is 23.4 Å². The molecule has 0 amide bonds. The van der Waals surface area contributed by atoms with Gasteiger partial charge in [-0.3, -0.25) is 0 Å². The van der Waals surface area contributed by atoms with Gasteiger partial charge in [-0.1, -0.05) is 0 Å². The van der Waals surface area contributed by atoms with Crippen LogP contribution in [0.1, 0.15) is 20.3 Å². The fourth-order valence-corrected chi connectivity index (χ4v) is 3.17. The van der Waals surface area contributed by atoms with Crippen molar-refractivity contribution < 1.29 is 49.5 Å². The van der Waals surface area contributed by atoms with E-state index in [1.807, 2.05) is 0 Å². The van der Waals surface area contributed by atoms with Crippen LogP contribution in [-0.4, -0.2) is 0 Å². The molecule has 1 atom stereocenters. The third kappa shape index (κ3) is 2.96. The zero-order valence-electron chi connectivity index (χ0n) is 8.85. The van der Waals surface area contributed by atoms with Crippen molar-refractivity contribution in [2.24, 2.45) is 0 Å². The van der Waals surface area contributed by atoms with Gasteiger partial charge < -0.3 is 24.8 Å². The Morgan fingerprint density at radius 3 is 2.40 bits per heavy atom. The molecule has 0 aliphatic heterocycles. The molecule has 0 fully saturated rings. The van der Waals surface area contributed by atoms with Crippen LogP contribution >= 0.6 is 0 Å². The zero-order valence-corrected chi connectivity index (χ0v) is 12.8. The van der Waals surface area contributed by atoms with E-state index in [2.05, 4.69) is 44.2 Å². The van der Waals surface area contributed by atoms with Gasteiger partial charge in [-0.15, -0.1) is 0 Å². The van der Waals surface area contributed by atoms with Crippen LogP contribution in [0.4, 0.5) is 0 Å². The van der Waals surface area contributed by atoms with Crippen molar-refractivity contribution >= 4 is 0 Å². The molecular formula is C12H13Cl2Zr. The van der Waals surface area contributed by atoms with Gasteiger partial charge in [0.25, 0.3) is 0 Å². The number of hydrogen-bond acceptors (Lipinski definition) is 0. The fraction of sp³-hybridized carbons (Fsp3) is 0.333. The van der Waals surface area contributed by atoms with E-state index in [1.54, 1.807) is 30.3 Å². The van der Waals surface area contributed by atoms with Crippen molar-refractivity contribution in [1.29, 1.82) is 0 Å². The summed E-state index contributed by atoms with van der Waals surface area (Å²) in [6, 6.07) is 0. The molecule has 2 aliphatic rings. The summed E-state index contributed by atoms with van der Waals surface area (Å²) >= 11 is 1.59. The van der Waals surface area contributed by atoms with Crippen LogP contribution < -0.4 is 24.8 Å². The van der Waals surface area contributed by atoms with E-state index in [9.17, 15) is 0 Å². The molecule has 3 heteroatoms. The van der Waals surface area contributed by atoms with E-state index in [0.717, 1.165) is 6.42 Å². The Balaban J connectivity index is 0.000000980. The van der Waals surface area contributed by atoms with Crippen LogP contribution in [0.3, 0.4) is 0 Å². The Morgan fingerprint density at radius 1 is 1.33 bits per heavy atom. The minimum atomic E-state index is 0. The summed E-state index contributed by atoms with van der Waals surface area (Å²) in [5.41, 5.74) is 4.53. The van der Waals surface area contributed by atoms with Crippen molar-refractivity contribution in [3.63, 3.8) is 0 Å². The molecule has 0 saturated heterocycles. The molecule has 0 aromatic heterocycles. The molecule has 1 unspecified atom stereocenters. The summed E-state index contributed by atoms with van der Waals surface area (Å²) in [6.45, 7) is 4.55. The first-order chi connectivity index (χ1) is 6.11. The summed E-state index contributed by atoms with van der Waals surface area (Å²) in [6.07, 6.45) is 12.4. The smallest absolute Gasteiger partial charge is 1.00 e. The van der Waals surface area contributed by atoms with Gasteiger partial charge in [-0.2, -0.15) is 0 Å². The van der Waals surface area contributed by atoms with Gasteiger partial charge in [0, 0.05) is 0 Å². The van der Waals surface area contributed by atoms with Crippen molar-refractivity contribution in [3.05, 3.63) is 47.1 Å². The molecule has 2 aliphatic carbocycles. The normalized spacial score (nSPS) is 27.6. The predicted molar refractivity (Wildman–Crippen MR) is 52.0 cm³/mol. The molecule has 0 aromatic rings. The van der Waals surface area contributed by atoms with Gasteiger partial charge >= 0.3 is 95.2 Å². The third-order valence-electron chi connectivity index (χ3n) is 2.67. The first-order valence-corrected chi connectivity index (χ1v) is 5.86. The Labute approximate surface area is 119 Å². The number of hydrogen-bond donors (Lipinski definition) is 0. The quantitative estimate of drug-likeness (QED) is 0.501. The largest absolute Gasteiger partial charge is 1.00 e. The Kier molecular flexibility index (Phi) is 5.82. The monoisotopic (exact) mass is 317 g/mol. The van der Waals surface area contributed by atoms with E-state index in [0.29, 0.717) is 3.12 Å². The molecule has 0 spiro atoms. The maximum Gasteiger partial charge on any atom is -1.00 e. The van der Waals surface area contributed by atoms with Gasteiger partial charge in [0.2, 0.25) is 0 Å². The van der Waals surface area contributed by atoms with Gasteiger partial charge in [0.1, 0.15) is 0 Å². The first-order valence-electron chi connectivity index (χ1n) is 4.63. The molecule has 0 saturated carbocycles. The van der Waals surface area contributed by atoms with E-state index in [4.69, 9.17) is 0 Å². The molecule has 0 heterocycles. The minimum Gasteiger partial charge on any atom is -1.00 e. The topological polar surface area (TPSA) is 0 Å². The minimum absolute atomic E-state index is 0. The van der Waals surface area contributed by atoms with Crippen molar-refractivity contribution in [3.8, 4) is 0 Å². The average molecular weight is 319 g/mol. The maximum atomic E-state index is 2.34. The Bertz CT molecular complexity index is 360. The molecule has 0 bridgehead atoms. The van der Waals surface area contributed by atoms with E-state index >= 15 is 0 Å². The number of rotatable bonds is 1. The van der Waals surface area contributed by atoms with Crippen LogP contribution in [0.2, 0.25) is 3.12 Å². The van der Waals surface area contributed by atoms with Crippen LogP contribution in [0.25, 0.3) is 0 Å². The second-order valence-electron chi connectivity index (χ2n) is 3.92. The van der Waals surface area contributed by atoms with E-state index in [-0.39, 0.29) is 24.8 Å². The number of allylic oxidation sites excluding steroid dienone is 8. The first kappa shape index (κ1) is 15.4. The molecule has 0 aromatic carbocycles. The molecular weight excluding hydrogens is 306 g/mol. The number of halogens is 2. The predicted octanol–water partition coefficient (Wildman–Crippen LogP) is -2.51.